The van der Waals surface area contributed by atoms with Crippen molar-refractivity contribution in [2.24, 2.45) is 0 Å². The van der Waals surface area contributed by atoms with Gasteiger partial charge in [0.15, 0.2) is 15.7 Å². The predicted octanol–water partition coefficient (Wildman–Crippen LogP) is 3.61. The maximum atomic E-state index is 13.6. The van der Waals surface area contributed by atoms with Crippen LogP contribution in [0.4, 0.5) is 20.7 Å². The highest BCUT2D eigenvalue weighted by Crippen LogP contribution is 2.50. The summed E-state index contributed by atoms with van der Waals surface area (Å²) in [6, 6.07) is 12.5. The molecule has 2 amide bonds. The average Bonchev–Trinajstić information content (AvgIpc) is 2.78. The molecule has 0 unspecified atom stereocenters. The minimum Gasteiger partial charge on any atom is -0.394 e. The van der Waals surface area contributed by atoms with Crippen LogP contribution in [0.15, 0.2) is 59.5 Å². The molecule has 1 fully saturated rings. The number of sulfone groups is 1. The SMILES string of the molecule is CC(C)(CO)NC(=O)Nc1ccc(-c2nc(N)cc(C3(S(=O)(=O)c4ccc(F)cc4)CCC3)n2)cc1. The lowest BCUT2D eigenvalue weighted by Crippen LogP contribution is -2.48. The number of aromatic nitrogens is 2. The number of nitrogens with one attached hydrogen (secondary N) is 2. The van der Waals surface area contributed by atoms with E-state index in [0.29, 0.717) is 36.2 Å². The van der Waals surface area contributed by atoms with Crippen molar-refractivity contribution in [1.29, 1.82) is 0 Å². The van der Waals surface area contributed by atoms with Gasteiger partial charge in [0.1, 0.15) is 16.4 Å². The molecule has 0 saturated heterocycles. The number of halogens is 1. The van der Waals surface area contributed by atoms with E-state index < -0.39 is 32.0 Å². The van der Waals surface area contributed by atoms with E-state index in [-0.39, 0.29) is 23.1 Å². The minimum absolute atomic E-state index is 0.0282. The van der Waals surface area contributed by atoms with Crippen LogP contribution in [0.1, 0.15) is 38.8 Å². The van der Waals surface area contributed by atoms with Crippen molar-refractivity contribution in [2.75, 3.05) is 17.7 Å². The number of benzene rings is 2. The zero-order valence-corrected chi connectivity index (χ0v) is 20.8. The first-order valence-electron chi connectivity index (χ1n) is 11.4. The summed E-state index contributed by atoms with van der Waals surface area (Å²) >= 11 is 0. The molecule has 2 aromatic carbocycles. The number of hydrogen-bond donors (Lipinski definition) is 4. The number of anilines is 2. The predicted molar refractivity (Wildman–Crippen MR) is 134 cm³/mol. The topological polar surface area (TPSA) is 147 Å². The summed E-state index contributed by atoms with van der Waals surface area (Å²) in [5.41, 5.74) is 6.67. The van der Waals surface area contributed by atoms with E-state index in [2.05, 4.69) is 20.6 Å². The van der Waals surface area contributed by atoms with Crippen LogP contribution in [-0.4, -0.2) is 41.7 Å². The molecule has 0 aliphatic heterocycles. The van der Waals surface area contributed by atoms with Gasteiger partial charge in [0.05, 0.1) is 22.7 Å². The summed E-state index contributed by atoms with van der Waals surface area (Å²) in [4.78, 5) is 21.1. The first-order chi connectivity index (χ1) is 17.0. The van der Waals surface area contributed by atoms with E-state index in [0.717, 1.165) is 12.1 Å². The van der Waals surface area contributed by atoms with E-state index >= 15 is 0 Å². The maximum Gasteiger partial charge on any atom is 0.319 e. The number of rotatable bonds is 7. The van der Waals surface area contributed by atoms with Crippen molar-refractivity contribution < 1.29 is 22.7 Å². The van der Waals surface area contributed by atoms with E-state index in [1.54, 1.807) is 38.1 Å². The van der Waals surface area contributed by atoms with E-state index in [9.17, 15) is 22.7 Å². The van der Waals surface area contributed by atoms with Gasteiger partial charge in [-0.15, -0.1) is 0 Å². The van der Waals surface area contributed by atoms with Crippen molar-refractivity contribution >= 4 is 27.4 Å². The second kappa shape index (κ2) is 9.47. The lowest BCUT2D eigenvalue weighted by atomic mass is 9.81. The lowest BCUT2D eigenvalue weighted by molar-refractivity contribution is 0.187. The van der Waals surface area contributed by atoms with Crippen molar-refractivity contribution in [3.63, 3.8) is 0 Å². The highest BCUT2D eigenvalue weighted by atomic mass is 32.2. The molecule has 4 rings (SSSR count). The van der Waals surface area contributed by atoms with Gasteiger partial charge in [-0.25, -0.2) is 27.6 Å². The number of carbonyl (C=O) groups excluding carboxylic acids is 1. The number of aliphatic hydroxyl groups excluding tert-OH is 1. The highest BCUT2D eigenvalue weighted by Gasteiger charge is 2.52. The van der Waals surface area contributed by atoms with Crippen LogP contribution in [0.2, 0.25) is 0 Å². The Hall–Kier alpha value is -3.57. The molecule has 1 aliphatic carbocycles. The lowest BCUT2D eigenvalue weighted by Gasteiger charge is -2.40. The number of hydrogen-bond acceptors (Lipinski definition) is 7. The molecule has 0 bridgehead atoms. The fourth-order valence-corrected chi connectivity index (χ4v) is 6.19. The van der Waals surface area contributed by atoms with Crippen molar-refractivity contribution in [1.82, 2.24) is 15.3 Å². The quantitative estimate of drug-likeness (QED) is 0.353. The Kier molecular flexibility index (Phi) is 6.72. The Labute approximate surface area is 208 Å². The second-order valence-corrected chi connectivity index (χ2v) is 11.8. The first-order valence-corrected chi connectivity index (χ1v) is 12.9. The second-order valence-electron chi connectivity index (χ2n) is 9.51. The number of nitrogen functional groups attached to an aromatic ring is 1. The smallest absolute Gasteiger partial charge is 0.319 e. The Morgan fingerprint density at radius 3 is 2.31 bits per heavy atom. The van der Waals surface area contributed by atoms with Crippen LogP contribution in [0.3, 0.4) is 0 Å². The van der Waals surface area contributed by atoms with Crippen LogP contribution in [0, 0.1) is 5.82 Å². The molecule has 0 spiro atoms. The minimum atomic E-state index is -3.87. The molecule has 1 saturated carbocycles. The zero-order chi connectivity index (χ0) is 26.1. The first kappa shape index (κ1) is 25.5. The Morgan fingerprint density at radius 2 is 1.75 bits per heavy atom. The number of nitrogens with two attached hydrogens (primary N) is 1. The average molecular weight is 514 g/mol. The van der Waals surface area contributed by atoms with Gasteiger partial charge in [0.25, 0.3) is 0 Å². The van der Waals surface area contributed by atoms with E-state index in [1.165, 1.54) is 18.2 Å². The van der Waals surface area contributed by atoms with Gasteiger partial charge in [-0.05, 0) is 81.6 Å². The molecule has 1 heterocycles. The Balaban J connectivity index is 1.62. The normalized spacial score (nSPS) is 15.1. The van der Waals surface area contributed by atoms with E-state index in [1.807, 2.05) is 0 Å². The van der Waals surface area contributed by atoms with Gasteiger partial charge in [-0.2, -0.15) is 0 Å². The van der Waals surface area contributed by atoms with E-state index in [4.69, 9.17) is 5.73 Å². The van der Waals surface area contributed by atoms with Gasteiger partial charge in [-0.1, -0.05) is 0 Å². The highest BCUT2D eigenvalue weighted by molar-refractivity contribution is 7.92. The van der Waals surface area contributed by atoms with Gasteiger partial charge in [0, 0.05) is 17.3 Å². The third-order valence-corrected chi connectivity index (χ3v) is 8.80. The molecule has 1 aliphatic rings. The molecule has 3 aromatic rings. The monoisotopic (exact) mass is 513 g/mol. The molecule has 0 atom stereocenters. The zero-order valence-electron chi connectivity index (χ0n) is 20.0. The molecular formula is C25H28FN5O4S. The fourth-order valence-electron chi connectivity index (χ4n) is 4.04. The number of carbonyl (C=O) groups is 1. The molecule has 36 heavy (non-hydrogen) atoms. The van der Waals surface area contributed by atoms with Gasteiger partial charge < -0.3 is 21.5 Å². The Morgan fingerprint density at radius 1 is 1.11 bits per heavy atom. The van der Waals surface area contributed by atoms with Gasteiger partial charge in [-0.3, -0.25) is 0 Å². The summed E-state index contributed by atoms with van der Waals surface area (Å²) in [5, 5.41) is 14.6. The van der Waals surface area contributed by atoms with Gasteiger partial charge in [0.2, 0.25) is 0 Å². The van der Waals surface area contributed by atoms with Crippen LogP contribution >= 0.6 is 0 Å². The van der Waals surface area contributed by atoms with Crippen LogP contribution < -0.4 is 16.4 Å². The summed E-state index contributed by atoms with van der Waals surface area (Å²) in [6.45, 7) is 3.16. The van der Waals surface area contributed by atoms with Crippen LogP contribution in [0.5, 0.6) is 0 Å². The summed E-state index contributed by atoms with van der Waals surface area (Å²) in [5.74, 6) is -0.135. The molecular weight excluding hydrogens is 485 g/mol. The van der Waals surface area contributed by atoms with Crippen LogP contribution in [-0.2, 0) is 14.6 Å². The Bertz CT molecular complexity index is 1370. The summed E-state index contributed by atoms with van der Waals surface area (Å²) in [6.07, 6.45) is 1.44. The molecule has 1 aromatic heterocycles. The van der Waals surface area contributed by atoms with Crippen molar-refractivity contribution in [2.45, 2.75) is 48.3 Å². The molecule has 190 valence electrons. The maximum absolute atomic E-state index is 13.6. The molecule has 0 radical (unpaired) electrons. The molecule has 9 nitrogen and oxygen atoms in total. The number of urea groups is 1. The molecule has 11 heteroatoms. The van der Waals surface area contributed by atoms with Crippen molar-refractivity contribution in [3.8, 4) is 11.4 Å². The number of aliphatic hydroxyl groups is 1. The summed E-state index contributed by atoms with van der Waals surface area (Å²) < 4.78 is 39.3. The van der Waals surface area contributed by atoms with Crippen LogP contribution in [0.25, 0.3) is 11.4 Å². The van der Waals surface area contributed by atoms with Crippen molar-refractivity contribution in [3.05, 3.63) is 66.1 Å². The number of nitrogens with zero attached hydrogens (tertiary/aromatic N) is 2. The number of amides is 2. The van der Waals surface area contributed by atoms with Gasteiger partial charge >= 0.3 is 6.03 Å². The summed E-state index contributed by atoms with van der Waals surface area (Å²) in [7, 11) is -3.87. The fraction of sp³-hybridized carbons (Fsp3) is 0.320. The third kappa shape index (κ3) is 4.89. The third-order valence-electron chi connectivity index (χ3n) is 6.26. The standard InChI is InChI=1S/C25H28FN5O4S/c1-24(2,15-32)31-23(33)28-18-8-4-16(5-9-18)22-29-20(14-21(27)30-22)25(12-3-13-25)36(34,35)19-10-6-17(26)7-11-19/h4-11,14,32H,3,12-13,15H2,1-2H3,(H2,27,29,30)(H2,28,31,33). The molecule has 5 N–H and O–H groups in total. The largest absolute Gasteiger partial charge is 0.394 e.